The Kier molecular flexibility index (Phi) is 5.69. The largest absolute Gasteiger partial charge is 0.331 e. The van der Waals surface area contributed by atoms with Crippen LogP contribution in [-0.4, -0.2) is 29.4 Å². The summed E-state index contributed by atoms with van der Waals surface area (Å²) in [4.78, 5) is 27.6. The first-order valence-corrected chi connectivity index (χ1v) is 9.50. The van der Waals surface area contributed by atoms with Gasteiger partial charge in [0.25, 0.3) is 0 Å². The van der Waals surface area contributed by atoms with Crippen LogP contribution in [0.5, 0.6) is 0 Å². The Morgan fingerprint density at radius 1 is 0.966 bits per heavy atom. The summed E-state index contributed by atoms with van der Waals surface area (Å²) in [6, 6.07) is 10.4. The van der Waals surface area contributed by atoms with Gasteiger partial charge in [-0.05, 0) is 37.1 Å². The molecule has 2 aromatic carbocycles. The third kappa shape index (κ3) is 3.73. The predicted molar refractivity (Wildman–Crippen MR) is 107 cm³/mol. The Bertz CT molecular complexity index is 982. The van der Waals surface area contributed by atoms with Crippen molar-refractivity contribution in [1.29, 1.82) is 0 Å². The van der Waals surface area contributed by atoms with Gasteiger partial charge in [0, 0.05) is 18.2 Å². The lowest BCUT2D eigenvalue weighted by atomic mass is 9.85. The molecule has 29 heavy (non-hydrogen) atoms. The van der Waals surface area contributed by atoms with Gasteiger partial charge in [0.05, 0.1) is 12.0 Å². The molecule has 2 aromatic rings. The number of hydrogen-bond donors (Lipinski definition) is 0. The number of imide groups is 1. The molecular formula is C23H22F2N2O2. The molecular weight excluding hydrogens is 374 g/mol. The van der Waals surface area contributed by atoms with E-state index in [1.807, 2.05) is 32.0 Å². The van der Waals surface area contributed by atoms with E-state index in [9.17, 15) is 18.4 Å². The number of carbonyl (C=O) groups excluding carboxylic acids is 2. The van der Waals surface area contributed by atoms with Crippen LogP contribution in [0, 0.1) is 23.5 Å². The maximum absolute atomic E-state index is 14.8. The molecule has 1 aliphatic heterocycles. The van der Waals surface area contributed by atoms with Gasteiger partial charge in [-0.15, -0.1) is 0 Å². The zero-order valence-electron chi connectivity index (χ0n) is 16.6. The summed E-state index contributed by atoms with van der Waals surface area (Å²) in [6.45, 7) is 3.77. The summed E-state index contributed by atoms with van der Waals surface area (Å²) in [5.74, 6) is 2.92. The van der Waals surface area contributed by atoms with Crippen LogP contribution in [0.2, 0.25) is 0 Å². The maximum atomic E-state index is 14.8. The van der Waals surface area contributed by atoms with Crippen LogP contribution in [0.3, 0.4) is 0 Å². The van der Waals surface area contributed by atoms with Crippen LogP contribution in [0.15, 0.2) is 42.5 Å². The monoisotopic (exact) mass is 396 g/mol. The van der Waals surface area contributed by atoms with Gasteiger partial charge in [-0.25, -0.2) is 18.5 Å². The van der Waals surface area contributed by atoms with Crippen LogP contribution in [0.1, 0.15) is 44.2 Å². The lowest BCUT2D eigenvalue weighted by Crippen LogP contribution is -2.62. The number of amides is 3. The fraction of sp³-hybridized carbons (Fsp3) is 0.304. The second kappa shape index (κ2) is 8.04. The molecule has 0 atom stereocenters. The lowest BCUT2D eigenvalue weighted by molar-refractivity contribution is -0.122. The third-order valence-electron chi connectivity index (χ3n) is 5.60. The topological polar surface area (TPSA) is 40.6 Å². The first-order chi connectivity index (χ1) is 13.8. The van der Waals surface area contributed by atoms with E-state index in [2.05, 4.69) is 11.8 Å². The highest BCUT2D eigenvalue weighted by Gasteiger charge is 2.47. The Hall–Kier alpha value is -3.20. The van der Waals surface area contributed by atoms with Crippen LogP contribution in [-0.2, 0) is 4.79 Å². The molecule has 6 heteroatoms. The van der Waals surface area contributed by atoms with Crippen molar-refractivity contribution in [3.8, 4) is 11.8 Å². The molecule has 0 bridgehead atoms. The number of hydrogen-bond acceptors (Lipinski definition) is 2. The summed E-state index contributed by atoms with van der Waals surface area (Å²) < 4.78 is 29.6. The number of carbonyl (C=O) groups is 2. The summed E-state index contributed by atoms with van der Waals surface area (Å²) in [7, 11) is 1.56. The fourth-order valence-electron chi connectivity index (χ4n) is 3.65. The minimum absolute atomic E-state index is 0.0106. The third-order valence-corrected chi connectivity index (χ3v) is 5.60. The average molecular weight is 396 g/mol. The molecule has 0 spiro atoms. The molecule has 1 aliphatic rings. The van der Waals surface area contributed by atoms with E-state index >= 15 is 0 Å². The minimum Gasteiger partial charge on any atom is -0.321 e. The lowest BCUT2D eigenvalue weighted by Gasteiger charge is -2.47. The average Bonchev–Trinajstić information content (AvgIpc) is 2.72. The van der Waals surface area contributed by atoms with Crippen molar-refractivity contribution in [2.75, 3.05) is 11.9 Å². The van der Waals surface area contributed by atoms with Crippen molar-refractivity contribution in [3.05, 3.63) is 65.2 Å². The molecule has 3 amide bonds. The first-order valence-electron chi connectivity index (χ1n) is 9.50. The number of urea groups is 1. The molecule has 0 aliphatic carbocycles. The SMILES string of the molecule is CCC1(CC)CC(=O)N(c2c(F)cc(C#Cc3ccccc3)cc2F)C(=O)N1C. The van der Waals surface area contributed by atoms with Crippen molar-refractivity contribution in [2.45, 2.75) is 38.6 Å². The van der Waals surface area contributed by atoms with E-state index in [1.54, 1.807) is 19.2 Å². The van der Waals surface area contributed by atoms with Crippen molar-refractivity contribution < 1.29 is 18.4 Å². The normalized spacial score (nSPS) is 15.9. The molecule has 0 aromatic heterocycles. The van der Waals surface area contributed by atoms with E-state index in [0.717, 1.165) is 12.1 Å². The van der Waals surface area contributed by atoms with Crippen molar-refractivity contribution in [2.24, 2.45) is 0 Å². The number of nitrogens with zero attached hydrogens (tertiary/aromatic N) is 2. The Labute approximate surface area is 169 Å². The van der Waals surface area contributed by atoms with Gasteiger partial charge in [-0.2, -0.15) is 0 Å². The van der Waals surface area contributed by atoms with Crippen molar-refractivity contribution >= 4 is 17.6 Å². The number of anilines is 1. The molecule has 1 fully saturated rings. The number of benzene rings is 2. The highest BCUT2D eigenvalue weighted by atomic mass is 19.1. The highest BCUT2D eigenvalue weighted by molar-refractivity contribution is 6.16. The van der Waals surface area contributed by atoms with Crippen LogP contribution >= 0.6 is 0 Å². The summed E-state index contributed by atoms with van der Waals surface area (Å²) in [6.07, 6.45) is 1.16. The van der Waals surface area contributed by atoms with E-state index in [-0.39, 0.29) is 12.0 Å². The molecule has 1 heterocycles. The van der Waals surface area contributed by atoms with E-state index < -0.39 is 34.8 Å². The van der Waals surface area contributed by atoms with Crippen LogP contribution in [0.25, 0.3) is 0 Å². The van der Waals surface area contributed by atoms with E-state index in [1.165, 1.54) is 4.90 Å². The summed E-state index contributed by atoms with van der Waals surface area (Å²) in [5.41, 5.74) is -0.471. The van der Waals surface area contributed by atoms with Gasteiger partial charge >= 0.3 is 6.03 Å². The van der Waals surface area contributed by atoms with E-state index in [0.29, 0.717) is 23.3 Å². The zero-order valence-corrected chi connectivity index (χ0v) is 16.6. The van der Waals surface area contributed by atoms with Gasteiger partial charge in [-0.1, -0.05) is 43.9 Å². The fourth-order valence-corrected chi connectivity index (χ4v) is 3.65. The Morgan fingerprint density at radius 2 is 1.52 bits per heavy atom. The zero-order chi connectivity index (χ0) is 21.2. The van der Waals surface area contributed by atoms with Crippen molar-refractivity contribution in [1.82, 2.24) is 4.90 Å². The van der Waals surface area contributed by atoms with Crippen LogP contribution < -0.4 is 4.90 Å². The molecule has 1 saturated heterocycles. The Balaban J connectivity index is 1.97. The molecule has 3 rings (SSSR count). The molecule has 0 unspecified atom stereocenters. The van der Waals surface area contributed by atoms with Gasteiger partial charge in [0.15, 0.2) is 11.6 Å². The number of halogens is 2. The molecule has 4 nitrogen and oxygen atoms in total. The van der Waals surface area contributed by atoms with Crippen molar-refractivity contribution in [3.63, 3.8) is 0 Å². The smallest absolute Gasteiger partial charge is 0.321 e. The molecule has 0 N–H and O–H groups in total. The second-order valence-corrected chi connectivity index (χ2v) is 7.08. The van der Waals surface area contributed by atoms with Gasteiger partial charge in [0.2, 0.25) is 5.91 Å². The van der Waals surface area contributed by atoms with Gasteiger partial charge in [-0.3, -0.25) is 4.79 Å². The predicted octanol–water partition coefficient (Wildman–Crippen LogP) is 4.71. The first kappa shape index (κ1) is 20.5. The van der Waals surface area contributed by atoms with Crippen LogP contribution in [0.4, 0.5) is 19.3 Å². The van der Waals surface area contributed by atoms with E-state index in [4.69, 9.17) is 0 Å². The molecule has 150 valence electrons. The van der Waals surface area contributed by atoms with Gasteiger partial charge < -0.3 is 4.90 Å². The quantitative estimate of drug-likeness (QED) is 0.705. The Morgan fingerprint density at radius 3 is 2.07 bits per heavy atom. The standard InChI is InChI=1S/C23H22F2N2O2/c1-4-23(5-2)15-20(28)27(22(29)26(23)3)21-18(24)13-17(14-19(21)25)12-11-16-9-7-6-8-10-16/h6-10,13-14H,4-5,15H2,1-3H3. The summed E-state index contributed by atoms with van der Waals surface area (Å²) in [5, 5.41) is 0. The highest BCUT2D eigenvalue weighted by Crippen LogP contribution is 2.36. The summed E-state index contributed by atoms with van der Waals surface area (Å²) >= 11 is 0. The number of rotatable bonds is 3. The second-order valence-electron chi connectivity index (χ2n) is 7.08. The maximum Gasteiger partial charge on any atom is 0.331 e. The molecule has 0 radical (unpaired) electrons. The minimum atomic E-state index is -1.00. The molecule has 0 saturated carbocycles. The van der Waals surface area contributed by atoms with Gasteiger partial charge in [0.1, 0.15) is 5.69 Å².